The van der Waals surface area contributed by atoms with Gasteiger partial charge in [-0.15, -0.1) is 0 Å². The van der Waals surface area contributed by atoms with Gasteiger partial charge in [-0.25, -0.2) is 0 Å². The van der Waals surface area contributed by atoms with Crippen LogP contribution in [0.5, 0.6) is 0 Å². The van der Waals surface area contributed by atoms with Crippen molar-refractivity contribution in [3.05, 3.63) is 52.0 Å². The summed E-state index contributed by atoms with van der Waals surface area (Å²) >= 11 is 11.7. The smallest absolute Gasteiger partial charge is 0.314 e. The molecule has 0 saturated carbocycles. The highest BCUT2D eigenvalue weighted by Gasteiger charge is 2.15. The number of aryl methyl sites for hydroxylation is 1. The molecule has 0 bridgehead atoms. The lowest BCUT2D eigenvalue weighted by Crippen LogP contribution is -2.29. The molecule has 0 spiro atoms. The second kappa shape index (κ2) is 6.68. The fraction of sp³-hybridized carbons (Fsp3) is 0.0667. The summed E-state index contributed by atoms with van der Waals surface area (Å²) in [6, 6.07) is 9.57. The fourth-order valence-electron chi connectivity index (χ4n) is 1.70. The van der Waals surface area contributed by atoms with E-state index in [9.17, 15) is 9.59 Å². The molecular weight excluding hydrogens is 325 g/mol. The number of hydrogen-bond donors (Lipinski definition) is 3. The highest BCUT2D eigenvalue weighted by atomic mass is 35.5. The van der Waals surface area contributed by atoms with Crippen LogP contribution < -0.4 is 16.4 Å². The van der Waals surface area contributed by atoms with Gasteiger partial charge in [0.2, 0.25) is 0 Å². The molecular formula is C15H13Cl2N3O2. The van der Waals surface area contributed by atoms with Gasteiger partial charge in [0.25, 0.3) is 0 Å². The molecule has 0 fully saturated rings. The Morgan fingerprint density at radius 1 is 1.00 bits per heavy atom. The van der Waals surface area contributed by atoms with Crippen LogP contribution in [0.2, 0.25) is 10.0 Å². The number of anilines is 3. The Balaban J connectivity index is 2.07. The van der Waals surface area contributed by atoms with Gasteiger partial charge in [-0.05, 0) is 42.8 Å². The van der Waals surface area contributed by atoms with E-state index < -0.39 is 11.8 Å². The molecule has 0 saturated heterocycles. The Bertz CT molecular complexity index is 748. The van der Waals surface area contributed by atoms with Crippen LogP contribution in [0.25, 0.3) is 0 Å². The summed E-state index contributed by atoms with van der Waals surface area (Å²) in [7, 11) is 0. The van der Waals surface area contributed by atoms with E-state index in [1.807, 2.05) is 0 Å². The van der Waals surface area contributed by atoms with E-state index in [0.29, 0.717) is 27.1 Å². The largest absolute Gasteiger partial charge is 0.398 e. The monoisotopic (exact) mass is 337 g/mol. The van der Waals surface area contributed by atoms with Crippen molar-refractivity contribution in [2.45, 2.75) is 6.92 Å². The van der Waals surface area contributed by atoms with E-state index in [1.165, 1.54) is 12.1 Å². The maximum Gasteiger partial charge on any atom is 0.314 e. The summed E-state index contributed by atoms with van der Waals surface area (Å²) in [6.07, 6.45) is 0. The molecule has 0 heterocycles. The van der Waals surface area contributed by atoms with Gasteiger partial charge in [-0.1, -0.05) is 29.3 Å². The molecule has 2 aromatic rings. The summed E-state index contributed by atoms with van der Waals surface area (Å²) in [5.74, 6) is -1.63. The van der Waals surface area contributed by atoms with Crippen molar-refractivity contribution in [2.75, 3.05) is 16.4 Å². The minimum atomic E-state index is -0.819. The van der Waals surface area contributed by atoms with Crippen molar-refractivity contribution in [2.24, 2.45) is 0 Å². The van der Waals surface area contributed by atoms with Gasteiger partial charge >= 0.3 is 11.8 Å². The second-order valence-electron chi connectivity index (χ2n) is 4.60. The molecule has 0 aliphatic heterocycles. The van der Waals surface area contributed by atoms with Crippen molar-refractivity contribution in [1.82, 2.24) is 0 Å². The van der Waals surface area contributed by atoms with Crippen LogP contribution in [-0.2, 0) is 9.59 Å². The van der Waals surface area contributed by atoms with Gasteiger partial charge < -0.3 is 16.4 Å². The highest BCUT2D eigenvalue weighted by molar-refractivity contribution is 6.44. The lowest BCUT2D eigenvalue weighted by atomic mass is 10.2. The zero-order valence-corrected chi connectivity index (χ0v) is 13.1. The Morgan fingerprint density at radius 3 is 2.36 bits per heavy atom. The average molecular weight is 338 g/mol. The van der Waals surface area contributed by atoms with Crippen LogP contribution >= 0.6 is 23.2 Å². The first kappa shape index (κ1) is 16.1. The van der Waals surface area contributed by atoms with E-state index in [0.717, 1.165) is 5.56 Å². The number of nitrogens with one attached hydrogen (secondary N) is 2. The molecule has 4 N–H and O–H groups in total. The standard InChI is InChI=1S/C15H13Cl2N3O2/c1-8-2-3-9(16)6-13(8)20-15(22)14(21)19-10-4-5-12(18)11(17)7-10/h2-7H,18H2,1H3,(H,19,21)(H,20,22). The van der Waals surface area contributed by atoms with Crippen molar-refractivity contribution in [1.29, 1.82) is 0 Å². The number of benzene rings is 2. The SMILES string of the molecule is Cc1ccc(Cl)cc1NC(=O)C(=O)Nc1ccc(N)c(Cl)c1. The summed E-state index contributed by atoms with van der Waals surface area (Å²) < 4.78 is 0. The number of carbonyl (C=O) groups is 2. The topological polar surface area (TPSA) is 84.2 Å². The van der Waals surface area contributed by atoms with E-state index in [-0.39, 0.29) is 0 Å². The van der Waals surface area contributed by atoms with Crippen LogP contribution in [0, 0.1) is 6.92 Å². The van der Waals surface area contributed by atoms with Gasteiger partial charge in [0.15, 0.2) is 0 Å². The van der Waals surface area contributed by atoms with Crippen molar-refractivity contribution in [3.63, 3.8) is 0 Å². The zero-order valence-electron chi connectivity index (χ0n) is 11.6. The number of nitrogens with two attached hydrogens (primary N) is 1. The van der Waals surface area contributed by atoms with Crippen molar-refractivity contribution < 1.29 is 9.59 Å². The highest BCUT2D eigenvalue weighted by Crippen LogP contribution is 2.23. The number of halogens is 2. The molecule has 0 aromatic heterocycles. The third-order valence-electron chi connectivity index (χ3n) is 2.91. The number of carbonyl (C=O) groups excluding carboxylic acids is 2. The first-order chi connectivity index (χ1) is 10.4. The quantitative estimate of drug-likeness (QED) is 0.579. The van der Waals surface area contributed by atoms with E-state index >= 15 is 0 Å². The maximum atomic E-state index is 11.9. The molecule has 2 rings (SSSR count). The van der Waals surface area contributed by atoms with Crippen LogP contribution in [-0.4, -0.2) is 11.8 Å². The number of rotatable bonds is 2. The number of hydrogen-bond acceptors (Lipinski definition) is 3. The Morgan fingerprint density at radius 2 is 1.68 bits per heavy atom. The minimum Gasteiger partial charge on any atom is -0.398 e. The minimum absolute atomic E-state index is 0.295. The van der Waals surface area contributed by atoms with Crippen molar-refractivity contribution in [3.8, 4) is 0 Å². The third kappa shape index (κ3) is 3.90. The average Bonchev–Trinajstić information content (AvgIpc) is 2.46. The van der Waals surface area contributed by atoms with E-state index in [4.69, 9.17) is 28.9 Å². The summed E-state index contributed by atoms with van der Waals surface area (Å²) in [5, 5.41) is 5.70. The number of nitrogen functional groups attached to an aromatic ring is 1. The second-order valence-corrected chi connectivity index (χ2v) is 5.45. The molecule has 7 heteroatoms. The molecule has 0 aliphatic rings. The fourth-order valence-corrected chi connectivity index (χ4v) is 2.05. The lowest BCUT2D eigenvalue weighted by molar-refractivity contribution is -0.133. The molecule has 0 aliphatic carbocycles. The third-order valence-corrected chi connectivity index (χ3v) is 3.47. The molecule has 0 unspecified atom stereocenters. The summed E-state index contributed by atoms with van der Waals surface area (Å²) in [6.45, 7) is 1.80. The Labute approximate surface area is 137 Å². The van der Waals surface area contributed by atoms with Gasteiger partial charge in [0.1, 0.15) is 0 Å². The van der Waals surface area contributed by atoms with Crippen LogP contribution in [0.3, 0.4) is 0 Å². The molecule has 5 nitrogen and oxygen atoms in total. The van der Waals surface area contributed by atoms with E-state index in [2.05, 4.69) is 10.6 Å². The molecule has 0 atom stereocenters. The predicted octanol–water partition coefficient (Wildman–Crippen LogP) is 3.46. The molecule has 0 radical (unpaired) electrons. The van der Waals surface area contributed by atoms with Crippen LogP contribution in [0.15, 0.2) is 36.4 Å². The lowest BCUT2D eigenvalue weighted by Gasteiger charge is -2.09. The van der Waals surface area contributed by atoms with Crippen LogP contribution in [0.4, 0.5) is 17.1 Å². The summed E-state index contributed by atoms with van der Waals surface area (Å²) in [5.41, 5.74) is 7.61. The van der Waals surface area contributed by atoms with Crippen LogP contribution in [0.1, 0.15) is 5.56 Å². The number of amides is 2. The summed E-state index contributed by atoms with van der Waals surface area (Å²) in [4.78, 5) is 23.8. The Kier molecular flexibility index (Phi) is 4.90. The first-order valence-electron chi connectivity index (χ1n) is 6.30. The molecule has 22 heavy (non-hydrogen) atoms. The van der Waals surface area contributed by atoms with Gasteiger partial charge in [-0.2, -0.15) is 0 Å². The normalized spacial score (nSPS) is 10.1. The maximum absolute atomic E-state index is 11.9. The molecule has 2 amide bonds. The zero-order chi connectivity index (χ0) is 16.3. The van der Waals surface area contributed by atoms with Gasteiger partial charge in [0.05, 0.1) is 10.7 Å². The van der Waals surface area contributed by atoms with Gasteiger partial charge in [0, 0.05) is 16.4 Å². The van der Waals surface area contributed by atoms with Gasteiger partial charge in [-0.3, -0.25) is 9.59 Å². The molecule has 114 valence electrons. The first-order valence-corrected chi connectivity index (χ1v) is 7.06. The van der Waals surface area contributed by atoms with Crippen molar-refractivity contribution >= 4 is 52.1 Å². The van der Waals surface area contributed by atoms with E-state index in [1.54, 1.807) is 31.2 Å². The predicted molar refractivity (Wildman–Crippen MR) is 89.3 cm³/mol. The molecule has 2 aromatic carbocycles. The Hall–Kier alpha value is -2.24.